The molecule has 0 bridgehead atoms. The van der Waals surface area contributed by atoms with E-state index in [0.717, 1.165) is 31.7 Å². The van der Waals surface area contributed by atoms with Crippen molar-refractivity contribution in [1.29, 1.82) is 0 Å². The molecule has 0 unspecified atom stereocenters. The number of carbonyl (C=O) groups is 1. The highest BCUT2D eigenvalue weighted by molar-refractivity contribution is 6.15. The molecule has 204 valence electrons. The summed E-state index contributed by atoms with van der Waals surface area (Å²) in [5.74, 6) is -2.26. The summed E-state index contributed by atoms with van der Waals surface area (Å²) in [6, 6.07) is 2.72. The topological polar surface area (TPSA) is 130 Å². The molecule has 2 fully saturated rings. The molecule has 0 aromatic carbocycles. The van der Waals surface area contributed by atoms with Crippen molar-refractivity contribution in [3.63, 3.8) is 0 Å². The monoisotopic (exact) mass is 532 g/mol. The van der Waals surface area contributed by atoms with Crippen molar-refractivity contribution in [2.75, 3.05) is 62.3 Å². The molecular formula is C25H31F3N8O2. The van der Waals surface area contributed by atoms with Crippen molar-refractivity contribution in [2.45, 2.75) is 25.2 Å². The molecule has 5 heterocycles. The molecule has 0 radical (unpaired) electrons. The van der Waals surface area contributed by atoms with E-state index in [1.54, 1.807) is 12.3 Å². The van der Waals surface area contributed by atoms with Crippen LogP contribution in [0.3, 0.4) is 0 Å². The van der Waals surface area contributed by atoms with Gasteiger partial charge in [0, 0.05) is 64.2 Å². The summed E-state index contributed by atoms with van der Waals surface area (Å²) in [4.78, 5) is 27.9. The Balaban J connectivity index is 1.36. The highest BCUT2D eigenvalue weighted by atomic mass is 19.4. The minimum Gasteiger partial charge on any atom is -0.438 e. The first-order valence-corrected chi connectivity index (χ1v) is 12.5. The van der Waals surface area contributed by atoms with Crippen LogP contribution in [-0.4, -0.2) is 84.2 Å². The number of alkyl halides is 3. The second kappa shape index (κ2) is 10.4. The van der Waals surface area contributed by atoms with E-state index in [9.17, 15) is 18.0 Å². The Morgan fingerprint density at radius 2 is 1.97 bits per heavy atom. The predicted octanol–water partition coefficient (Wildman–Crippen LogP) is 2.52. The molecule has 5 rings (SSSR count). The van der Waals surface area contributed by atoms with E-state index in [0.29, 0.717) is 23.3 Å². The smallest absolute Gasteiger partial charge is 0.393 e. The minimum absolute atomic E-state index is 0.0597. The Morgan fingerprint density at radius 1 is 1.21 bits per heavy atom. The lowest BCUT2D eigenvalue weighted by molar-refractivity contribution is -0.177. The highest BCUT2D eigenvalue weighted by Gasteiger charge is 2.44. The van der Waals surface area contributed by atoms with Gasteiger partial charge < -0.3 is 31.0 Å². The van der Waals surface area contributed by atoms with Crippen LogP contribution in [0, 0.1) is 5.92 Å². The number of furan rings is 1. The van der Waals surface area contributed by atoms with Gasteiger partial charge in [0.25, 0.3) is 5.91 Å². The maximum absolute atomic E-state index is 13.5. The molecule has 0 spiro atoms. The lowest BCUT2D eigenvalue weighted by Gasteiger charge is -2.39. The number of nitrogen functional groups attached to an aromatic ring is 1. The normalized spacial score (nSPS) is 21.7. The van der Waals surface area contributed by atoms with Crippen LogP contribution in [0.2, 0.25) is 0 Å². The first-order valence-electron chi connectivity index (χ1n) is 12.5. The highest BCUT2D eigenvalue weighted by Crippen LogP contribution is 2.37. The molecule has 13 heteroatoms. The Morgan fingerprint density at radius 3 is 2.71 bits per heavy atom. The van der Waals surface area contributed by atoms with Crippen molar-refractivity contribution in [3.8, 4) is 0 Å². The molecule has 2 aliphatic heterocycles. The predicted molar refractivity (Wildman–Crippen MR) is 138 cm³/mol. The van der Waals surface area contributed by atoms with Crippen molar-refractivity contribution >= 4 is 34.3 Å². The number of rotatable bonds is 5. The van der Waals surface area contributed by atoms with Gasteiger partial charge in [0.2, 0.25) is 5.88 Å². The van der Waals surface area contributed by atoms with Crippen LogP contribution in [0.4, 0.5) is 30.4 Å². The first-order chi connectivity index (χ1) is 18.1. The van der Waals surface area contributed by atoms with E-state index in [4.69, 9.17) is 15.9 Å². The average Bonchev–Trinajstić information content (AvgIpc) is 3.20. The Labute approximate surface area is 217 Å². The summed E-state index contributed by atoms with van der Waals surface area (Å²) in [5.41, 5.74) is 14.4. The number of halogens is 3. The Hall–Kier alpha value is -3.42. The van der Waals surface area contributed by atoms with Gasteiger partial charge in [0.05, 0.1) is 23.5 Å². The molecule has 3 aromatic rings. The maximum atomic E-state index is 13.5. The number of anilines is 3. The summed E-state index contributed by atoms with van der Waals surface area (Å²) < 4.78 is 46.1. The zero-order valence-electron chi connectivity index (χ0n) is 21.0. The molecule has 2 aliphatic rings. The molecule has 0 aliphatic carbocycles. The van der Waals surface area contributed by atoms with Crippen LogP contribution in [0.25, 0.3) is 11.1 Å². The molecule has 5 N–H and O–H groups in total. The van der Waals surface area contributed by atoms with E-state index >= 15 is 0 Å². The summed E-state index contributed by atoms with van der Waals surface area (Å²) >= 11 is 0. The number of aromatic nitrogens is 2. The summed E-state index contributed by atoms with van der Waals surface area (Å²) in [6.45, 7) is 4.53. The number of hydrogen-bond donors (Lipinski definition) is 3. The van der Waals surface area contributed by atoms with Crippen molar-refractivity contribution < 1.29 is 22.4 Å². The van der Waals surface area contributed by atoms with Crippen LogP contribution in [0.15, 0.2) is 35.1 Å². The number of carbonyl (C=O) groups excluding carboxylic acids is 1. The number of piperazine rings is 1. The Kier molecular flexibility index (Phi) is 7.16. The summed E-state index contributed by atoms with van der Waals surface area (Å²) in [7, 11) is 2.10. The molecule has 0 saturated carbocycles. The number of nitrogens with zero attached hydrogens (tertiary/aromatic N) is 5. The fraction of sp³-hybridized carbons (Fsp3) is 0.480. The second-order valence-electron chi connectivity index (χ2n) is 10.1. The fourth-order valence-corrected chi connectivity index (χ4v) is 5.12. The SMILES string of the molecule is CN1CCN(Cc2cnc3c(C(=O)Nc4cnccc4N4C[C@H](N)C[C@H](C(F)(F)F)C4)c(N)oc3c2)CC1. The number of nitrogens with two attached hydrogens (primary N) is 2. The van der Waals surface area contributed by atoms with Crippen molar-refractivity contribution in [3.05, 3.63) is 41.9 Å². The number of piperidine rings is 1. The van der Waals surface area contributed by atoms with E-state index in [2.05, 4.69) is 32.1 Å². The first kappa shape index (κ1) is 26.2. The van der Waals surface area contributed by atoms with Gasteiger partial charge >= 0.3 is 6.18 Å². The molecule has 10 nitrogen and oxygen atoms in total. The van der Waals surface area contributed by atoms with Crippen molar-refractivity contribution in [1.82, 2.24) is 19.8 Å². The third-order valence-electron chi connectivity index (χ3n) is 7.17. The standard InChI is InChI=1S/C25H31F3N8O2/c1-34-4-6-35(7-5-34)12-15-8-20-22(32-10-15)21(23(30)38-20)24(37)33-18-11-31-3-2-19(18)36-13-16(25(26,27)28)9-17(29)14-36/h2-3,8,10-11,16-17H,4-7,9,12-14,29-30H2,1H3,(H,33,37)/t16-,17+/m0/s1. The van der Waals surface area contributed by atoms with Gasteiger partial charge in [-0.2, -0.15) is 13.2 Å². The molecule has 1 amide bonds. The Bertz CT molecular complexity index is 1310. The van der Waals surface area contributed by atoms with Gasteiger partial charge in [-0.25, -0.2) is 0 Å². The lowest BCUT2D eigenvalue weighted by Crippen LogP contribution is -2.51. The van der Waals surface area contributed by atoms with Crippen LogP contribution < -0.4 is 21.7 Å². The number of amides is 1. The lowest BCUT2D eigenvalue weighted by atomic mass is 9.93. The number of likely N-dealkylation sites (N-methyl/N-ethyl adjacent to an activating group) is 1. The average molecular weight is 533 g/mol. The largest absolute Gasteiger partial charge is 0.438 e. The minimum atomic E-state index is -4.37. The molecule has 2 atom stereocenters. The second-order valence-corrected chi connectivity index (χ2v) is 10.1. The maximum Gasteiger partial charge on any atom is 0.393 e. The zero-order chi connectivity index (χ0) is 27.0. The number of nitrogens with one attached hydrogen (secondary N) is 1. The van der Waals surface area contributed by atoms with Gasteiger partial charge in [0.15, 0.2) is 5.58 Å². The zero-order valence-corrected chi connectivity index (χ0v) is 21.0. The van der Waals surface area contributed by atoms with E-state index in [1.165, 1.54) is 17.3 Å². The molecule has 38 heavy (non-hydrogen) atoms. The van der Waals surface area contributed by atoms with Gasteiger partial charge in [-0.15, -0.1) is 0 Å². The number of fused-ring (bicyclic) bond motifs is 1. The number of hydrogen-bond acceptors (Lipinski definition) is 9. The van der Waals surface area contributed by atoms with Crippen LogP contribution in [-0.2, 0) is 6.54 Å². The van der Waals surface area contributed by atoms with E-state index in [-0.39, 0.29) is 36.6 Å². The van der Waals surface area contributed by atoms with Crippen LogP contribution in [0.1, 0.15) is 22.3 Å². The molecule has 2 saturated heterocycles. The van der Waals surface area contributed by atoms with E-state index in [1.807, 2.05) is 6.07 Å². The van der Waals surface area contributed by atoms with Gasteiger partial charge in [0.1, 0.15) is 11.1 Å². The fourth-order valence-electron chi connectivity index (χ4n) is 5.12. The van der Waals surface area contributed by atoms with Crippen LogP contribution in [0.5, 0.6) is 0 Å². The summed E-state index contributed by atoms with van der Waals surface area (Å²) in [6.07, 6.45) is 0.0294. The van der Waals surface area contributed by atoms with Crippen molar-refractivity contribution in [2.24, 2.45) is 11.7 Å². The molecule has 3 aromatic heterocycles. The summed E-state index contributed by atoms with van der Waals surface area (Å²) in [5, 5.41) is 2.74. The third kappa shape index (κ3) is 5.54. The van der Waals surface area contributed by atoms with E-state index < -0.39 is 24.0 Å². The van der Waals surface area contributed by atoms with Crippen LogP contribution >= 0.6 is 0 Å². The third-order valence-corrected chi connectivity index (χ3v) is 7.17. The van der Waals surface area contributed by atoms with Gasteiger partial charge in [-0.1, -0.05) is 0 Å². The number of pyridine rings is 2. The van der Waals surface area contributed by atoms with Gasteiger partial charge in [-0.3, -0.25) is 19.7 Å². The molecular weight excluding hydrogens is 501 g/mol. The quantitative estimate of drug-likeness (QED) is 0.454. The van der Waals surface area contributed by atoms with Gasteiger partial charge in [-0.05, 0) is 31.2 Å².